The highest BCUT2D eigenvalue weighted by Crippen LogP contribution is 2.15. The molecule has 1 atom stereocenters. The molecule has 0 heterocycles. The molecular weight excluding hydrogens is 211 g/mol. The van der Waals surface area contributed by atoms with Crippen LogP contribution >= 0.6 is 0 Å². The highest BCUT2D eigenvalue weighted by atomic mass is 19.1. The Labute approximate surface area is 93.4 Å². The summed E-state index contributed by atoms with van der Waals surface area (Å²) >= 11 is 0. The first kappa shape index (κ1) is 12.4. The Hall–Kier alpha value is -1.62. The Bertz CT molecular complexity index is 382. The zero-order chi connectivity index (χ0) is 12.1. The number of benzene rings is 1. The SMILES string of the molecule is Cc1ccc(OCCC(N)C(N)=O)cc1F. The molecule has 0 spiro atoms. The number of ether oxygens (including phenoxy) is 1. The highest BCUT2D eigenvalue weighted by Gasteiger charge is 2.09. The third-order valence-corrected chi connectivity index (χ3v) is 2.21. The van der Waals surface area contributed by atoms with Crippen LogP contribution in [0.5, 0.6) is 5.75 Å². The molecule has 0 bridgehead atoms. The maximum atomic E-state index is 13.1. The van der Waals surface area contributed by atoms with E-state index >= 15 is 0 Å². The molecule has 1 aromatic rings. The second-order valence-electron chi connectivity index (χ2n) is 3.56. The molecule has 88 valence electrons. The topological polar surface area (TPSA) is 78.3 Å². The Kier molecular flexibility index (Phi) is 4.25. The van der Waals surface area contributed by atoms with Crippen molar-refractivity contribution in [3.8, 4) is 5.75 Å². The van der Waals surface area contributed by atoms with Crippen LogP contribution in [0.4, 0.5) is 4.39 Å². The smallest absolute Gasteiger partial charge is 0.234 e. The summed E-state index contributed by atoms with van der Waals surface area (Å²) in [4.78, 5) is 10.6. The fraction of sp³-hybridized carbons (Fsp3) is 0.364. The minimum atomic E-state index is -0.727. The van der Waals surface area contributed by atoms with E-state index in [1.807, 2.05) is 0 Å². The molecule has 0 saturated heterocycles. The summed E-state index contributed by atoms with van der Waals surface area (Å²) in [6, 6.07) is 3.85. The molecular formula is C11H15FN2O2. The van der Waals surface area contributed by atoms with E-state index < -0.39 is 11.9 Å². The molecule has 0 radical (unpaired) electrons. The van der Waals surface area contributed by atoms with Gasteiger partial charge in [0.05, 0.1) is 12.6 Å². The van der Waals surface area contributed by atoms with Crippen LogP contribution in [0.25, 0.3) is 0 Å². The van der Waals surface area contributed by atoms with Gasteiger partial charge in [0.15, 0.2) is 0 Å². The third-order valence-electron chi connectivity index (χ3n) is 2.21. The van der Waals surface area contributed by atoms with E-state index in [9.17, 15) is 9.18 Å². The summed E-state index contributed by atoms with van der Waals surface area (Å²) in [5.41, 5.74) is 10.9. The van der Waals surface area contributed by atoms with E-state index in [2.05, 4.69) is 0 Å². The van der Waals surface area contributed by atoms with E-state index in [0.29, 0.717) is 17.7 Å². The number of nitrogens with two attached hydrogens (primary N) is 2. The minimum absolute atomic E-state index is 0.229. The molecule has 1 rings (SSSR count). The maximum absolute atomic E-state index is 13.1. The molecule has 5 heteroatoms. The van der Waals surface area contributed by atoms with Gasteiger partial charge in [0.1, 0.15) is 11.6 Å². The standard InChI is InChI=1S/C11H15FN2O2/c1-7-2-3-8(6-9(7)12)16-5-4-10(13)11(14)15/h2-3,6,10H,4-5,13H2,1H3,(H2,14,15). The van der Waals surface area contributed by atoms with Crippen molar-refractivity contribution in [1.29, 1.82) is 0 Å². The number of aryl methyl sites for hydroxylation is 1. The number of carbonyl (C=O) groups is 1. The zero-order valence-electron chi connectivity index (χ0n) is 9.07. The fourth-order valence-electron chi connectivity index (χ4n) is 1.11. The molecule has 1 amide bonds. The molecule has 0 fully saturated rings. The summed E-state index contributed by atoms with van der Waals surface area (Å²) in [5.74, 6) is -0.477. The van der Waals surface area contributed by atoms with Crippen molar-refractivity contribution >= 4 is 5.91 Å². The summed E-state index contributed by atoms with van der Waals surface area (Å²) < 4.78 is 18.3. The Morgan fingerprint density at radius 3 is 2.81 bits per heavy atom. The number of primary amides is 1. The predicted molar refractivity (Wildman–Crippen MR) is 58.4 cm³/mol. The van der Waals surface area contributed by atoms with E-state index in [1.54, 1.807) is 19.1 Å². The van der Waals surface area contributed by atoms with E-state index in [1.165, 1.54) is 6.07 Å². The van der Waals surface area contributed by atoms with Gasteiger partial charge >= 0.3 is 0 Å². The van der Waals surface area contributed by atoms with Gasteiger partial charge in [-0.25, -0.2) is 4.39 Å². The second kappa shape index (κ2) is 5.46. The summed E-state index contributed by atoms with van der Waals surface area (Å²) in [7, 11) is 0. The van der Waals surface area contributed by atoms with Gasteiger partial charge in [-0.1, -0.05) is 6.07 Å². The third kappa shape index (κ3) is 3.51. The van der Waals surface area contributed by atoms with E-state index in [4.69, 9.17) is 16.2 Å². The van der Waals surface area contributed by atoms with Gasteiger partial charge in [-0.05, 0) is 18.6 Å². The molecule has 1 aromatic carbocycles. The normalized spacial score (nSPS) is 12.2. The predicted octanol–water partition coefficient (Wildman–Crippen LogP) is 0.716. The largest absolute Gasteiger partial charge is 0.493 e. The first-order valence-electron chi connectivity index (χ1n) is 4.94. The van der Waals surface area contributed by atoms with Crippen molar-refractivity contribution in [1.82, 2.24) is 0 Å². The maximum Gasteiger partial charge on any atom is 0.234 e. The molecule has 4 nitrogen and oxygen atoms in total. The molecule has 0 aliphatic rings. The van der Waals surface area contributed by atoms with Crippen LogP contribution in [-0.2, 0) is 4.79 Å². The number of hydrogen-bond donors (Lipinski definition) is 2. The number of halogens is 1. The average Bonchev–Trinajstić information content (AvgIpc) is 2.23. The summed E-state index contributed by atoms with van der Waals surface area (Å²) in [6.07, 6.45) is 0.310. The van der Waals surface area contributed by atoms with Crippen molar-refractivity contribution in [3.05, 3.63) is 29.6 Å². The lowest BCUT2D eigenvalue weighted by molar-refractivity contribution is -0.119. The molecule has 16 heavy (non-hydrogen) atoms. The van der Waals surface area contributed by atoms with Gasteiger partial charge < -0.3 is 16.2 Å². The van der Waals surface area contributed by atoms with E-state index in [0.717, 1.165) is 0 Å². The van der Waals surface area contributed by atoms with Gasteiger partial charge in [0, 0.05) is 12.5 Å². The van der Waals surface area contributed by atoms with Crippen LogP contribution in [0.15, 0.2) is 18.2 Å². The van der Waals surface area contributed by atoms with Crippen LogP contribution < -0.4 is 16.2 Å². The Morgan fingerprint density at radius 2 is 2.25 bits per heavy atom. The quantitative estimate of drug-likeness (QED) is 0.776. The van der Waals surface area contributed by atoms with Gasteiger partial charge in [-0.15, -0.1) is 0 Å². The molecule has 0 aliphatic carbocycles. The zero-order valence-corrected chi connectivity index (χ0v) is 9.07. The number of hydrogen-bond acceptors (Lipinski definition) is 3. The second-order valence-corrected chi connectivity index (χ2v) is 3.56. The van der Waals surface area contributed by atoms with E-state index in [-0.39, 0.29) is 12.4 Å². The molecule has 0 saturated carbocycles. The van der Waals surface area contributed by atoms with Crippen LogP contribution in [0.2, 0.25) is 0 Å². The Morgan fingerprint density at radius 1 is 1.56 bits per heavy atom. The van der Waals surface area contributed by atoms with Crippen molar-refractivity contribution in [2.24, 2.45) is 11.5 Å². The Balaban J connectivity index is 2.43. The van der Waals surface area contributed by atoms with Crippen molar-refractivity contribution in [3.63, 3.8) is 0 Å². The lowest BCUT2D eigenvalue weighted by Crippen LogP contribution is -2.37. The molecule has 1 unspecified atom stereocenters. The summed E-state index contributed by atoms with van der Waals surface area (Å²) in [6.45, 7) is 1.90. The number of carbonyl (C=O) groups excluding carboxylic acids is 1. The van der Waals surface area contributed by atoms with Crippen molar-refractivity contribution in [2.75, 3.05) is 6.61 Å². The van der Waals surface area contributed by atoms with Crippen LogP contribution in [0, 0.1) is 12.7 Å². The van der Waals surface area contributed by atoms with Crippen LogP contribution in [0.3, 0.4) is 0 Å². The molecule has 0 aromatic heterocycles. The lowest BCUT2D eigenvalue weighted by atomic mass is 10.2. The number of rotatable bonds is 5. The lowest BCUT2D eigenvalue weighted by Gasteiger charge is -2.09. The first-order valence-corrected chi connectivity index (χ1v) is 4.94. The van der Waals surface area contributed by atoms with Gasteiger partial charge in [0.25, 0.3) is 0 Å². The fourth-order valence-corrected chi connectivity index (χ4v) is 1.11. The van der Waals surface area contributed by atoms with Crippen LogP contribution in [0.1, 0.15) is 12.0 Å². The van der Waals surface area contributed by atoms with Gasteiger partial charge in [0.2, 0.25) is 5.91 Å². The monoisotopic (exact) mass is 226 g/mol. The number of amides is 1. The molecule has 0 aliphatic heterocycles. The first-order chi connectivity index (χ1) is 7.50. The van der Waals surface area contributed by atoms with Crippen molar-refractivity contribution in [2.45, 2.75) is 19.4 Å². The van der Waals surface area contributed by atoms with Crippen molar-refractivity contribution < 1.29 is 13.9 Å². The molecule has 4 N–H and O–H groups in total. The van der Waals surface area contributed by atoms with Gasteiger partial charge in [-0.2, -0.15) is 0 Å². The average molecular weight is 226 g/mol. The summed E-state index contributed by atoms with van der Waals surface area (Å²) in [5, 5.41) is 0. The minimum Gasteiger partial charge on any atom is -0.493 e. The van der Waals surface area contributed by atoms with Gasteiger partial charge in [-0.3, -0.25) is 4.79 Å². The highest BCUT2D eigenvalue weighted by molar-refractivity contribution is 5.79. The van der Waals surface area contributed by atoms with Crippen LogP contribution in [-0.4, -0.2) is 18.6 Å².